The number of hydrogen-bond acceptors (Lipinski definition) is 4. The lowest BCUT2D eigenvalue weighted by atomic mass is 10.2. The van der Waals surface area contributed by atoms with Crippen LogP contribution in [0, 0.1) is 0 Å². The highest BCUT2D eigenvalue weighted by Crippen LogP contribution is 2.24. The Hall–Kier alpha value is -3.64. The summed E-state index contributed by atoms with van der Waals surface area (Å²) in [6.07, 6.45) is 1.79. The van der Waals surface area contributed by atoms with Crippen LogP contribution in [0.4, 0.5) is 0 Å². The van der Waals surface area contributed by atoms with Gasteiger partial charge in [0, 0.05) is 12.1 Å². The zero-order chi connectivity index (χ0) is 20.9. The molecule has 6 heteroatoms. The average molecular weight is 417 g/mol. The van der Waals surface area contributed by atoms with Crippen molar-refractivity contribution >= 4 is 27.5 Å². The standard InChI is InChI=1S/C24H20N2O3S/c1-3-14-26-21-13-12-19(28-2)16-22(21)30-24(26)25-23(27)17-8-7-11-20(15-17)29-18-9-5-4-6-10-18/h3-13,15-16H,1,14H2,2H3. The van der Waals surface area contributed by atoms with Crippen molar-refractivity contribution in [2.75, 3.05) is 7.11 Å². The highest BCUT2D eigenvalue weighted by molar-refractivity contribution is 7.16. The average Bonchev–Trinajstić information content (AvgIpc) is 3.11. The van der Waals surface area contributed by atoms with Crippen molar-refractivity contribution in [1.82, 2.24) is 4.57 Å². The molecule has 0 saturated heterocycles. The van der Waals surface area contributed by atoms with E-state index in [1.54, 1.807) is 31.4 Å². The summed E-state index contributed by atoms with van der Waals surface area (Å²) in [6, 6.07) is 22.3. The van der Waals surface area contributed by atoms with Gasteiger partial charge in [0.15, 0.2) is 4.80 Å². The molecule has 1 heterocycles. The van der Waals surface area contributed by atoms with Crippen LogP contribution in [-0.2, 0) is 6.54 Å². The Balaban J connectivity index is 1.70. The van der Waals surface area contributed by atoms with Gasteiger partial charge in [0.25, 0.3) is 5.91 Å². The van der Waals surface area contributed by atoms with Crippen molar-refractivity contribution in [3.63, 3.8) is 0 Å². The number of aromatic nitrogens is 1. The maximum Gasteiger partial charge on any atom is 0.279 e. The summed E-state index contributed by atoms with van der Waals surface area (Å²) in [7, 11) is 1.63. The molecule has 4 aromatic rings. The van der Waals surface area contributed by atoms with E-state index in [9.17, 15) is 4.79 Å². The topological polar surface area (TPSA) is 52.8 Å². The van der Waals surface area contributed by atoms with Crippen LogP contribution in [0.1, 0.15) is 10.4 Å². The number of rotatable bonds is 6. The maximum absolute atomic E-state index is 12.9. The minimum absolute atomic E-state index is 0.329. The normalized spacial score (nSPS) is 11.4. The van der Waals surface area contributed by atoms with E-state index in [-0.39, 0.29) is 5.91 Å². The second-order valence-corrected chi connectivity index (χ2v) is 7.49. The number of hydrogen-bond donors (Lipinski definition) is 0. The highest BCUT2D eigenvalue weighted by atomic mass is 32.1. The Labute approximate surface area is 178 Å². The largest absolute Gasteiger partial charge is 0.497 e. The minimum atomic E-state index is -0.329. The van der Waals surface area contributed by atoms with Gasteiger partial charge in [-0.3, -0.25) is 4.79 Å². The molecule has 0 aliphatic carbocycles. The number of fused-ring (bicyclic) bond motifs is 1. The summed E-state index contributed by atoms with van der Waals surface area (Å²) in [4.78, 5) is 17.9. The Morgan fingerprint density at radius 3 is 2.60 bits per heavy atom. The Bertz CT molecular complexity index is 1270. The number of benzene rings is 3. The van der Waals surface area contributed by atoms with Crippen LogP contribution in [0.15, 0.2) is 90.4 Å². The van der Waals surface area contributed by atoms with E-state index in [1.807, 2.05) is 59.2 Å². The van der Waals surface area contributed by atoms with E-state index in [0.717, 1.165) is 16.0 Å². The first-order valence-electron chi connectivity index (χ1n) is 9.38. The third kappa shape index (κ3) is 4.18. The molecule has 0 fully saturated rings. The molecule has 0 atom stereocenters. The predicted molar refractivity (Wildman–Crippen MR) is 119 cm³/mol. The van der Waals surface area contributed by atoms with Gasteiger partial charge in [0.2, 0.25) is 0 Å². The van der Waals surface area contributed by atoms with Crippen molar-refractivity contribution in [2.24, 2.45) is 4.99 Å². The minimum Gasteiger partial charge on any atom is -0.497 e. The molecule has 0 aliphatic rings. The van der Waals surface area contributed by atoms with Gasteiger partial charge in [-0.05, 0) is 48.5 Å². The van der Waals surface area contributed by atoms with Crippen LogP contribution in [0.2, 0.25) is 0 Å². The molecule has 0 aliphatic heterocycles. The van der Waals surface area contributed by atoms with Crippen LogP contribution in [0.5, 0.6) is 17.2 Å². The third-order valence-corrected chi connectivity index (χ3v) is 5.50. The number of ether oxygens (including phenoxy) is 2. The van der Waals surface area contributed by atoms with E-state index in [1.165, 1.54) is 11.3 Å². The van der Waals surface area contributed by atoms with E-state index in [0.29, 0.717) is 28.4 Å². The van der Waals surface area contributed by atoms with Gasteiger partial charge < -0.3 is 14.0 Å². The van der Waals surface area contributed by atoms with Crippen molar-refractivity contribution < 1.29 is 14.3 Å². The van der Waals surface area contributed by atoms with Gasteiger partial charge in [-0.2, -0.15) is 4.99 Å². The summed E-state index contributed by atoms with van der Waals surface area (Å²) in [6.45, 7) is 4.37. The van der Waals surface area contributed by atoms with Crippen LogP contribution >= 0.6 is 11.3 Å². The number of methoxy groups -OCH3 is 1. The molecule has 5 nitrogen and oxygen atoms in total. The van der Waals surface area contributed by atoms with Crippen molar-refractivity contribution in [2.45, 2.75) is 6.54 Å². The zero-order valence-corrected chi connectivity index (χ0v) is 17.3. The molecule has 0 N–H and O–H groups in total. The molecule has 0 radical (unpaired) electrons. The first kappa shape index (κ1) is 19.7. The fourth-order valence-electron chi connectivity index (χ4n) is 3.04. The smallest absolute Gasteiger partial charge is 0.279 e. The molecule has 0 spiro atoms. The number of thiazole rings is 1. The Morgan fingerprint density at radius 1 is 1.03 bits per heavy atom. The molecule has 0 unspecified atom stereocenters. The molecule has 150 valence electrons. The lowest BCUT2D eigenvalue weighted by Crippen LogP contribution is -2.16. The summed E-state index contributed by atoms with van der Waals surface area (Å²) < 4.78 is 14.1. The van der Waals surface area contributed by atoms with Gasteiger partial charge >= 0.3 is 0 Å². The molecular formula is C24H20N2O3S. The highest BCUT2D eigenvalue weighted by Gasteiger charge is 2.10. The van der Waals surface area contributed by atoms with E-state index in [2.05, 4.69) is 11.6 Å². The number of carbonyl (C=O) groups is 1. The van der Waals surface area contributed by atoms with Crippen LogP contribution in [0.25, 0.3) is 10.2 Å². The Kier molecular flexibility index (Phi) is 5.77. The number of nitrogens with zero attached hydrogens (tertiary/aromatic N) is 2. The second-order valence-electron chi connectivity index (χ2n) is 6.48. The van der Waals surface area contributed by atoms with Gasteiger partial charge in [-0.1, -0.05) is 41.7 Å². The first-order chi connectivity index (χ1) is 14.7. The van der Waals surface area contributed by atoms with E-state index in [4.69, 9.17) is 9.47 Å². The van der Waals surface area contributed by atoms with Crippen LogP contribution < -0.4 is 14.3 Å². The number of amides is 1. The number of allylic oxidation sites excluding steroid dienone is 1. The number of para-hydroxylation sites is 1. The summed E-state index contributed by atoms with van der Waals surface area (Å²) in [5.74, 6) is 1.73. The lowest BCUT2D eigenvalue weighted by molar-refractivity contribution is 0.0997. The van der Waals surface area contributed by atoms with Crippen LogP contribution in [0.3, 0.4) is 0 Å². The quantitative estimate of drug-likeness (QED) is 0.394. The van der Waals surface area contributed by atoms with Gasteiger partial charge in [0.05, 0.1) is 17.3 Å². The summed E-state index contributed by atoms with van der Waals surface area (Å²) in [5.41, 5.74) is 1.44. The summed E-state index contributed by atoms with van der Waals surface area (Å²) >= 11 is 1.44. The van der Waals surface area contributed by atoms with Crippen molar-refractivity contribution in [1.29, 1.82) is 0 Å². The molecule has 1 amide bonds. The molecule has 0 saturated carbocycles. The Morgan fingerprint density at radius 2 is 1.83 bits per heavy atom. The van der Waals surface area contributed by atoms with Crippen molar-refractivity contribution in [3.8, 4) is 17.2 Å². The van der Waals surface area contributed by atoms with E-state index < -0.39 is 0 Å². The van der Waals surface area contributed by atoms with Gasteiger partial charge in [-0.15, -0.1) is 6.58 Å². The SMILES string of the molecule is C=CCn1c(=NC(=O)c2cccc(Oc3ccccc3)c2)sc2cc(OC)ccc21. The van der Waals surface area contributed by atoms with Crippen molar-refractivity contribution in [3.05, 3.63) is 95.8 Å². The van der Waals surface area contributed by atoms with Crippen LogP contribution in [-0.4, -0.2) is 17.6 Å². The molecule has 3 aromatic carbocycles. The zero-order valence-electron chi connectivity index (χ0n) is 16.4. The molecule has 0 bridgehead atoms. The van der Waals surface area contributed by atoms with Gasteiger partial charge in [-0.25, -0.2) is 0 Å². The fraction of sp³-hybridized carbons (Fsp3) is 0.0833. The molecule has 4 rings (SSSR count). The molecule has 1 aromatic heterocycles. The monoisotopic (exact) mass is 416 g/mol. The summed E-state index contributed by atoms with van der Waals surface area (Å²) in [5, 5.41) is 0. The molecular weight excluding hydrogens is 396 g/mol. The first-order valence-corrected chi connectivity index (χ1v) is 10.2. The predicted octanol–water partition coefficient (Wildman–Crippen LogP) is 5.43. The van der Waals surface area contributed by atoms with Gasteiger partial charge in [0.1, 0.15) is 17.2 Å². The molecule has 30 heavy (non-hydrogen) atoms. The number of carbonyl (C=O) groups excluding carboxylic acids is 1. The lowest BCUT2D eigenvalue weighted by Gasteiger charge is -2.06. The second kappa shape index (κ2) is 8.80. The third-order valence-electron chi connectivity index (χ3n) is 4.46. The van der Waals surface area contributed by atoms with E-state index >= 15 is 0 Å². The fourth-order valence-corrected chi connectivity index (χ4v) is 4.11. The maximum atomic E-state index is 12.9.